The molecule has 158 valence electrons. The van der Waals surface area contributed by atoms with Gasteiger partial charge in [-0.25, -0.2) is 4.98 Å². The molecule has 1 aromatic heterocycles. The number of aliphatic hydroxyl groups is 2. The van der Waals surface area contributed by atoms with E-state index in [-0.39, 0.29) is 6.61 Å². The van der Waals surface area contributed by atoms with Gasteiger partial charge in [-0.3, -0.25) is 0 Å². The van der Waals surface area contributed by atoms with Crippen molar-refractivity contribution in [3.63, 3.8) is 0 Å². The molecule has 2 aromatic carbocycles. The molecule has 0 bridgehead atoms. The minimum Gasteiger partial charge on any atom is -0.498 e. The molecule has 0 fully saturated rings. The fourth-order valence-corrected chi connectivity index (χ4v) is 3.47. The molecule has 0 saturated carbocycles. The van der Waals surface area contributed by atoms with Crippen molar-refractivity contribution in [2.75, 3.05) is 13.2 Å². The molecule has 3 aromatic rings. The highest BCUT2D eigenvalue weighted by atomic mass is 16.5. The maximum Gasteiger partial charge on any atom is 0.0959 e. The second kappa shape index (κ2) is 10.8. The van der Waals surface area contributed by atoms with Gasteiger partial charge in [-0.1, -0.05) is 61.2 Å². The summed E-state index contributed by atoms with van der Waals surface area (Å²) in [6.45, 7) is 7.05. The van der Waals surface area contributed by atoms with E-state index in [0.717, 1.165) is 28.1 Å². The minimum absolute atomic E-state index is 0.118. The van der Waals surface area contributed by atoms with Gasteiger partial charge in [0, 0.05) is 43.7 Å². The number of hydrogen-bond donors (Lipinski definition) is 2. The Morgan fingerprint density at radius 3 is 2.63 bits per heavy atom. The van der Waals surface area contributed by atoms with Crippen molar-refractivity contribution >= 4 is 0 Å². The molecule has 1 atom stereocenters. The first-order valence-electron chi connectivity index (χ1n) is 10.3. The summed E-state index contributed by atoms with van der Waals surface area (Å²) in [5, 5.41) is 18.9. The predicted molar refractivity (Wildman–Crippen MR) is 119 cm³/mol. The Balaban J connectivity index is 1.77. The van der Waals surface area contributed by atoms with Gasteiger partial charge >= 0.3 is 0 Å². The van der Waals surface area contributed by atoms with Gasteiger partial charge in [0.1, 0.15) is 0 Å². The summed E-state index contributed by atoms with van der Waals surface area (Å²) in [7, 11) is 0. The van der Waals surface area contributed by atoms with E-state index >= 15 is 0 Å². The molecule has 30 heavy (non-hydrogen) atoms. The number of allylic oxidation sites excluding steroid dienone is 1. The Morgan fingerprint density at radius 1 is 1.13 bits per heavy atom. The number of ether oxygens (including phenoxy) is 1. The predicted octanol–water partition coefficient (Wildman–Crippen LogP) is 3.98. The largest absolute Gasteiger partial charge is 0.498 e. The van der Waals surface area contributed by atoms with Crippen molar-refractivity contribution in [3.8, 4) is 11.3 Å². The first-order valence-corrected chi connectivity index (χ1v) is 10.3. The quantitative estimate of drug-likeness (QED) is 0.373. The average Bonchev–Trinajstić information content (AvgIpc) is 3.10. The van der Waals surface area contributed by atoms with Crippen molar-refractivity contribution in [2.24, 2.45) is 0 Å². The van der Waals surface area contributed by atoms with Gasteiger partial charge in [-0.05, 0) is 18.1 Å². The lowest BCUT2D eigenvalue weighted by Gasteiger charge is -2.13. The van der Waals surface area contributed by atoms with Crippen molar-refractivity contribution in [3.05, 3.63) is 90.1 Å². The van der Waals surface area contributed by atoms with Gasteiger partial charge in [0.2, 0.25) is 0 Å². The highest BCUT2D eigenvalue weighted by molar-refractivity contribution is 5.62. The van der Waals surface area contributed by atoms with Crippen molar-refractivity contribution < 1.29 is 14.9 Å². The molecule has 5 nitrogen and oxygen atoms in total. The van der Waals surface area contributed by atoms with Gasteiger partial charge in [0.25, 0.3) is 0 Å². The summed E-state index contributed by atoms with van der Waals surface area (Å²) in [6, 6.07) is 18.4. The molecule has 1 heterocycles. The third kappa shape index (κ3) is 6.05. The highest BCUT2D eigenvalue weighted by Gasteiger charge is 2.15. The summed E-state index contributed by atoms with van der Waals surface area (Å²) in [5.74, 6) is 0.699. The van der Waals surface area contributed by atoms with Crippen LogP contribution in [0.5, 0.6) is 0 Å². The van der Waals surface area contributed by atoms with Crippen LogP contribution in [-0.2, 0) is 24.1 Å². The lowest BCUT2D eigenvalue weighted by molar-refractivity contribution is 0.173. The Morgan fingerprint density at radius 2 is 1.90 bits per heavy atom. The number of aromatic nitrogens is 2. The van der Waals surface area contributed by atoms with Crippen LogP contribution in [0.1, 0.15) is 30.2 Å². The lowest BCUT2D eigenvalue weighted by atomic mass is 10.1. The number of aliphatic hydroxyl groups excluding tert-OH is 2. The molecule has 0 aliphatic carbocycles. The summed E-state index contributed by atoms with van der Waals surface area (Å²) in [4.78, 5) is 4.65. The number of hydrogen-bond acceptors (Lipinski definition) is 4. The smallest absolute Gasteiger partial charge is 0.0959 e. The fraction of sp³-hybridized carbons (Fsp3) is 0.320. The minimum atomic E-state index is -0.450. The summed E-state index contributed by atoms with van der Waals surface area (Å²) >= 11 is 0. The van der Waals surface area contributed by atoms with E-state index in [1.165, 1.54) is 0 Å². The first-order chi connectivity index (χ1) is 14.6. The zero-order valence-electron chi connectivity index (χ0n) is 17.5. The van der Waals surface area contributed by atoms with Gasteiger partial charge in [-0.15, -0.1) is 0 Å². The zero-order chi connectivity index (χ0) is 21.3. The van der Waals surface area contributed by atoms with Crippen molar-refractivity contribution in [2.45, 2.75) is 38.8 Å². The van der Waals surface area contributed by atoms with E-state index < -0.39 is 6.10 Å². The monoisotopic (exact) mass is 406 g/mol. The van der Waals surface area contributed by atoms with Gasteiger partial charge < -0.3 is 19.5 Å². The molecule has 0 aliphatic rings. The van der Waals surface area contributed by atoms with E-state index in [1.807, 2.05) is 42.7 Å². The molecule has 0 amide bonds. The number of rotatable bonds is 11. The molecule has 0 saturated heterocycles. The van der Waals surface area contributed by atoms with Crippen LogP contribution >= 0.6 is 0 Å². The Bertz CT molecular complexity index is 948. The number of imidazole rings is 1. The van der Waals surface area contributed by atoms with E-state index in [9.17, 15) is 5.11 Å². The van der Waals surface area contributed by atoms with E-state index in [4.69, 9.17) is 9.84 Å². The Labute approximate surface area is 178 Å². The first kappa shape index (κ1) is 21.8. The summed E-state index contributed by atoms with van der Waals surface area (Å²) in [5.41, 5.74) is 5.27. The van der Waals surface area contributed by atoms with E-state index in [2.05, 4.69) is 34.3 Å². The van der Waals surface area contributed by atoms with E-state index in [0.29, 0.717) is 38.2 Å². The van der Waals surface area contributed by atoms with Gasteiger partial charge in [0.05, 0.1) is 30.5 Å². The maximum atomic E-state index is 10.0. The van der Waals surface area contributed by atoms with Gasteiger partial charge in [-0.2, -0.15) is 0 Å². The third-order valence-electron chi connectivity index (χ3n) is 4.84. The molecule has 5 heteroatoms. The van der Waals surface area contributed by atoms with Crippen molar-refractivity contribution in [1.82, 2.24) is 9.55 Å². The molecule has 0 spiro atoms. The van der Waals surface area contributed by atoms with Gasteiger partial charge in [0.15, 0.2) is 0 Å². The van der Waals surface area contributed by atoms with Crippen LogP contribution in [0.4, 0.5) is 0 Å². The Hall–Kier alpha value is -2.89. The molecule has 0 aliphatic heterocycles. The van der Waals surface area contributed by atoms with Crippen LogP contribution in [0.25, 0.3) is 11.3 Å². The maximum absolute atomic E-state index is 10.0. The number of nitrogens with zero attached hydrogens (tertiary/aromatic N) is 2. The molecular weight excluding hydrogens is 376 g/mol. The molecular formula is C25H30N2O3. The third-order valence-corrected chi connectivity index (χ3v) is 4.84. The SMILES string of the molecule is C=C(Cc1cccc(Cn2cnc(-c3ccccc3)c2CC(C)O)c1)OCCCO. The second-order valence-electron chi connectivity index (χ2n) is 7.55. The standard InChI is InChI=1S/C25H30N2O3/c1-19(29)14-24-25(23-10-4-3-5-11-23)26-18-27(24)17-22-9-6-8-21(16-22)15-20(2)30-13-7-12-28/h3-6,8-11,16,18-19,28-29H,2,7,12-15,17H2,1H3. The highest BCUT2D eigenvalue weighted by Crippen LogP contribution is 2.24. The summed E-state index contributed by atoms with van der Waals surface area (Å²) in [6.07, 6.45) is 3.19. The average molecular weight is 407 g/mol. The fourth-order valence-electron chi connectivity index (χ4n) is 3.47. The molecule has 3 rings (SSSR count). The van der Waals surface area contributed by atoms with Crippen LogP contribution in [0, 0.1) is 0 Å². The lowest BCUT2D eigenvalue weighted by Crippen LogP contribution is -2.12. The topological polar surface area (TPSA) is 67.5 Å². The second-order valence-corrected chi connectivity index (χ2v) is 7.55. The Kier molecular flexibility index (Phi) is 7.82. The van der Waals surface area contributed by atoms with Crippen LogP contribution in [0.15, 0.2) is 73.3 Å². The normalized spacial score (nSPS) is 12.0. The molecule has 2 N–H and O–H groups in total. The van der Waals surface area contributed by atoms with Crippen LogP contribution in [-0.4, -0.2) is 39.1 Å². The van der Waals surface area contributed by atoms with Crippen LogP contribution in [0.2, 0.25) is 0 Å². The van der Waals surface area contributed by atoms with Crippen LogP contribution < -0.4 is 0 Å². The molecule has 1 unspecified atom stereocenters. The summed E-state index contributed by atoms with van der Waals surface area (Å²) < 4.78 is 7.67. The van der Waals surface area contributed by atoms with Crippen molar-refractivity contribution in [1.29, 1.82) is 0 Å². The zero-order valence-corrected chi connectivity index (χ0v) is 17.5. The number of benzene rings is 2. The molecule has 0 radical (unpaired) electrons. The van der Waals surface area contributed by atoms with E-state index in [1.54, 1.807) is 6.92 Å². The van der Waals surface area contributed by atoms with Crippen LogP contribution in [0.3, 0.4) is 0 Å².